The Labute approximate surface area is 118 Å². The number of hydrogen-bond donors (Lipinski definition) is 0. The van der Waals surface area contributed by atoms with Crippen molar-refractivity contribution >= 4 is 11.9 Å². The summed E-state index contributed by atoms with van der Waals surface area (Å²) in [5.74, 6) is 1.09. The topological polar surface area (TPSA) is 52.6 Å². The van der Waals surface area contributed by atoms with Crippen LogP contribution in [0.15, 0.2) is 60.7 Å². The van der Waals surface area contributed by atoms with E-state index in [1.807, 2.05) is 12.1 Å². The lowest BCUT2D eigenvalue weighted by atomic mass is 10.3. The molecule has 0 amide bonds. The van der Waals surface area contributed by atoms with E-state index >= 15 is 0 Å². The van der Waals surface area contributed by atoms with Crippen LogP contribution in [-0.2, 0) is 4.79 Å². The molecule has 0 aromatic heterocycles. The Balaban J connectivity index is 0.000000444. The highest BCUT2D eigenvalue weighted by Crippen LogP contribution is 2.12. The van der Waals surface area contributed by atoms with E-state index in [9.17, 15) is 9.59 Å². The smallest absolute Gasteiger partial charge is 0.395 e. The molecule has 104 valence electrons. The van der Waals surface area contributed by atoms with E-state index < -0.39 is 6.16 Å². The fourth-order valence-corrected chi connectivity index (χ4v) is 1.19. The molecule has 20 heavy (non-hydrogen) atoms. The number of carbonyl (C=O) groups is 2. The van der Waals surface area contributed by atoms with Gasteiger partial charge in [-0.3, -0.25) is 0 Å². The molecule has 0 heterocycles. The first-order valence-corrected chi connectivity index (χ1v) is 6.05. The molecular weight excluding hydrogens is 256 g/mol. The fraction of sp³-hybridized carbons (Fsp3) is 0.125. The van der Waals surface area contributed by atoms with Gasteiger partial charge in [-0.1, -0.05) is 36.4 Å². The minimum absolute atomic E-state index is 0.167. The van der Waals surface area contributed by atoms with Crippen LogP contribution in [0.2, 0.25) is 0 Å². The first-order chi connectivity index (χ1) is 9.58. The maximum atomic E-state index is 11.3. The summed E-state index contributed by atoms with van der Waals surface area (Å²) >= 11 is 0. The van der Waals surface area contributed by atoms with Crippen molar-refractivity contribution in [1.29, 1.82) is 0 Å². The van der Waals surface area contributed by atoms with Crippen molar-refractivity contribution in [1.82, 2.24) is 0 Å². The first kappa shape index (κ1) is 15.4. The summed E-state index contributed by atoms with van der Waals surface area (Å²) in [6.45, 7) is 3.06. The van der Waals surface area contributed by atoms with Gasteiger partial charge in [-0.2, -0.15) is 0 Å². The van der Waals surface area contributed by atoms with E-state index in [2.05, 4.69) is 0 Å². The summed E-state index contributed by atoms with van der Waals surface area (Å²) in [5, 5.41) is 0. The highest BCUT2D eigenvalue weighted by atomic mass is 16.7. The number of benzene rings is 2. The van der Waals surface area contributed by atoms with Gasteiger partial charge in [0, 0.05) is 0 Å². The molecule has 2 aromatic carbocycles. The summed E-state index contributed by atoms with van der Waals surface area (Å²) in [5.41, 5.74) is 0. The molecule has 2 rings (SSSR count). The van der Waals surface area contributed by atoms with Gasteiger partial charge in [0.15, 0.2) is 0 Å². The van der Waals surface area contributed by atoms with Gasteiger partial charge in [-0.25, -0.2) is 4.79 Å². The molecule has 0 unspecified atom stereocenters. The van der Waals surface area contributed by atoms with E-state index in [1.165, 1.54) is 13.8 Å². The summed E-state index contributed by atoms with van der Waals surface area (Å²) in [4.78, 5) is 20.8. The zero-order valence-electron chi connectivity index (χ0n) is 11.4. The van der Waals surface area contributed by atoms with Crippen LogP contribution in [0.3, 0.4) is 0 Å². The zero-order chi connectivity index (χ0) is 14.8. The molecule has 0 bridgehead atoms. The van der Waals surface area contributed by atoms with Gasteiger partial charge in [-0.05, 0) is 38.1 Å². The van der Waals surface area contributed by atoms with Crippen LogP contribution in [0.5, 0.6) is 11.5 Å². The number of ketones is 1. The lowest BCUT2D eigenvalue weighted by Gasteiger charge is -2.04. The lowest BCUT2D eigenvalue weighted by molar-refractivity contribution is -0.114. The van der Waals surface area contributed by atoms with E-state index in [4.69, 9.17) is 9.47 Å². The Hall–Kier alpha value is -2.62. The predicted octanol–water partition coefficient (Wildman–Crippen LogP) is 3.86. The molecule has 0 aliphatic carbocycles. The maximum Gasteiger partial charge on any atom is 0.519 e. The molecule has 0 fully saturated rings. The van der Waals surface area contributed by atoms with Crippen molar-refractivity contribution < 1.29 is 19.1 Å². The first-order valence-electron chi connectivity index (χ1n) is 6.05. The third kappa shape index (κ3) is 6.96. The minimum Gasteiger partial charge on any atom is -0.395 e. The van der Waals surface area contributed by atoms with Crippen LogP contribution >= 0.6 is 0 Å². The maximum absolute atomic E-state index is 11.3. The van der Waals surface area contributed by atoms with E-state index in [1.54, 1.807) is 48.5 Å². The van der Waals surface area contributed by atoms with Crippen molar-refractivity contribution in [2.45, 2.75) is 13.8 Å². The minimum atomic E-state index is -0.739. The Morgan fingerprint density at radius 2 is 1.00 bits per heavy atom. The van der Waals surface area contributed by atoms with Gasteiger partial charge >= 0.3 is 6.16 Å². The second-order valence-electron chi connectivity index (χ2n) is 3.99. The van der Waals surface area contributed by atoms with Crippen molar-refractivity contribution in [2.24, 2.45) is 0 Å². The Morgan fingerprint density at radius 1 is 0.700 bits per heavy atom. The third-order valence-electron chi connectivity index (χ3n) is 1.89. The monoisotopic (exact) mass is 272 g/mol. The standard InChI is InChI=1S/C13H10O3.C3H6O/c14-13(15-11-7-3-1-4-8-11)16-12-9-5-2-6-10-12;1-3(2)4/h1-10H;1-2H3. The van der Waals surface area contributed by atoms with Crippen molar-refractivity contribution in [3.8, 4) is 11.5 Å². The summed E-state index contributed by atoms with van der Waals surface area (Å²) in [6, 6.07) is 17.6. The Kier molecular flexibility index (Phi) is 6.54. The van der Waals surface area contributed by atoms with Gasteiger partial charge in [-0.15, -0.1) is 0 Å². The van der Waals surface area contributed by atoms with Crippen LogP contribution in [0.4, 0.5) is 4.79 Å². The largest absolute Gasteiger partial charge is 0.519 e. The molecule has 0 atom stereocenters. The molecular formula is C16H16O4. The van der Waals surface area contributed by atoms with Crippen LogP contribution in [0.1, 0.15) is 13.8 Å². The van der Waals surface area contributed by atoms with Gasteiger partial charge in [0.2, 0.25) is 0 Å². The Bertz CT molecular complexity index is 487. The van der Waals surface area contributed by atoms with E-state index in [-0.39, 0.29) is 5.78 Å². The number of rotatable bonds is 2. The number of carbonyl (C=O) groups excluding carboxylic acids is 2. The van der Waals surface area contributed by atoms with Crippen molar-refractivity contribution in [3.63, 3.8) is 0 Å². The molecule has 0 spiro atoms. The van der Waals surface area contributed by atoms with E-state index in [0.717, 1.165) is 0 Å². The number of Topliss-reactive ketones (excluding diaryl/α,β-unsaturated/α-hetero) is 1. The molecule has 4 nitrogen and oxygen atoms in total. The molecule has 0 aliphatic rings. The van der Waals surface area contributed by atoms with Crippen LogP contribution < -0.4 is 9.47 Å². The van der Waals surface area contributed by atoms with E-state index in [0.29, 0.717) is 11.5 Å². The highest BCUT2D eigenvalue weighted by Gasteiger charge is 2.06. The van der Waals surface area contributed by atoms with Gasteiger partial charge in [0.1, 0.15) is 17.3 Å². The number of para-hydroxylation sites is 2. The van der Waals surface area contributed by atoms with Gasteiger partial charge < -0.3 is 14.3 Å². The second-order valence-corrected chi connectivity index (χ2v) is 3.99. The van der Waals surface area contributed by atoms with Gasteiger partial charge in [0.25, 0.3) is 0 Å². The molecule has 0 saturated heterocycles. The fourth-order valence-electron chi connectivity index (χ4n) is 1.19. The predicted molar refractivity (Wildman–Crippen MR) is 75.9 cm³/mol. The summed E-state index contributed by atoms with van der Waals surface area (Å²) in [6.07, 6.45) is -0.739. The average Bonchev–Trinajstić information content (AvgIpc) is 2.40. The van der Waals surface area contributed by atoms with Gasteiger partial charge in [0.05, 0.1) is 0 Å². The SMILES string of the molecule is CC(C)=O.O=C(Oc1ccccc1)Oc1ccccc1. The molecule has 4 heteroatoms. The lowest BCUT2D eigenvalue weighted by Crippen LogP contribution is -2.13. The van der Waals surface area contributed by atoms with Crippen molar-refractivity contribution in [3.05, 3.63) is 60.7 Å². The molecule has 0 N–H and O–H groups in total. The molecule has 0 aliphatic heterocycles. The quantitative estimate of drug-likeness (QED) is 0.615. The van der Waals surface area contributed by atoms with Crippen LogP contribution in [0, 0.1) is 0 Å². The average molecular weight is 272 g/mol. The molecule has 2 aromatic rings. The zero-order valence-corrected chi connectivity index (χ0v) is 11.4. The van der Waals surface area contributed by atoms with Crippen molar-refractivity contribution in [2.75, 3.05) is 0 Å². The molecule has 0 saturated carbocycles. The molecule has 0 radical (unpaired) electrons. The third-order valence-corrected chi connectivity index (χ3v) is 1.89. The highest BCUT2D eigenvalue weighted by molar-refractivity contribution is 5.72. The number of ether oxygens (including phenoxy) is 2. The second kappa shape index (κ2) is 8.48. The number of hydrogen-bond acceptors (Lipinski definition) is 4. The Morgan fingerprint density at radius 3 is 1.30 bits per heavy atom. The summed E-state index contributed by atoms with van der Waals surface area (Å²) in [7, 11) is 0. The summed E-state index contributed by atoms with van der Waals surface area (Å²) < 4.78 is 9.91. The van der Waals surface area contributed by atoms with Crippen LogP contribution in [0.25, 0.3) is 0 Å². The normalized spacial score (nSPS) is 8.90. The van der Waals surface area contributed by atoms with Crippen LogP contribution in [-0.4, -0.2) is 11.9 Å².